The summed E-state index contributed by atoms with van der Waals surface area (Å²) in [5.41, 5.74) is 0.0658. The van der Waals surface area contributed by atoms with E-state index < -0.39 is 5.60 Å². The molecule has 29 heavy (non-hydrogen) atoms. The van der Waals surface area contributed by atoms with E-state index in [9.17, 15) is 9.90 Å². The molecule has 1 unspecified atom stereocenters. The Hall–Kier alpha value is -2.80. The Bertz CT molecular complexity index is 821. The van der Waals surface area contributed by atoms with E-state index in [4.69, 9.17) is 4.42 Å². The lowest BCUT2D eigenvalue weighted by atomic mass is 10.0. The highest BCUT2D eigenvalue weighted by molar-refractivity contribution is 5.94. The second-order valence-corrected chi connectivity index (χ2v) is 8.20. The van der Waals surface area contributed by atoms with Crippen LogP contribution in [0, 0.1) is 0 Å². The number of furan rings is 1. The fourth-order valence-corrected chi connectivity index (χ4v) is 2.66. The number of carbonyl (C=O) groups excluding carboxylic acids is 1. The summed E-state index contributed by atoms with van der Waals surface area (Å²) < 4.78 is 5.30. The standard InChI is InChI=1S/C22H32N4O3/c1-6-23-20(25-15-22(5,28)18-11-8-12-29-18)24-14-16-9-7-10-17(13-16)19(27)26-21(2,3)4/h7-13,28H,6,14-15H2,1-5H3,(H,26,27)(H2,23,24,25). The van der Waals surface area contributed by atoms with E-state index in [0.29, 0.717) is 30.4 Å². The summed E-state index contributed by atoms with van der Waals surface area (Å²) in [6, 6.07) is 10.9. The average molecular weight is 401 g/mol. The minimum Gasteiger partial charge on any atom is -0.466 e. The molecule has 2 rings (SSSR count). The number of guanidine groups is 1. The number of aliphatic hydroxyl groups is 1. The SMILES string of the molecule is CCNC(=NCc1cccc(C(=O)NC(C)(C)C)c1)NCC(C)(O)c1ccco1. The molecule has 158 valence electrons. The van der Waals surface area contributed by atoms with E-state index >= 15 is 0 Å². The van der Waals surface area contributed by atoms with Crippen LogP contribution in [0.2, 0.25) is 0 Å². The number of aliphatic imine (C=N–C) groups is 1. The van der Waals surface area contributed by atoms with Gasteiger partial charge in [0, 0.05) is 17.6 Å². The van der Waals surface area contributed by atoms with Crippen LogP contribution >= 0.6 is 0 Å². The summed E-state index contributed by atoms with van der Waals surface area (Å²) in [5.74, 6) is 0.949. The molecule has 0 fully saturated rings. The molecule has 0 saturated carbocycles. The summed E-state index contributed by atoms with van der Waals surface area (Å²) in [6.07, 6.45) is 1.53. The largest absolute Gasteiger partial charge is 0.466 e. The van der Waals surface area contributed by atoms with Crippen LogP contribution in [0.25, 0.3) is 0 Å². The number of amides is 1. The Kier molecular flexibility index (Phi) is 7.45. The van der Waals surface area contributed by atoms with Gasteiger partial charge in [-0.05, 0) is 64.4 Å². The third kappa shape index (κ3) is 7.27. The Balaban J connectivity index is 2.04. The van der Waals surface area contributed by atoms with E-state index in [2.05, 4.69) is 20.9 Å². The van der Waals surface area contributed by atoms with Gasteiger partial charge in [0.25, 0.3) is 5.91 Å². The van der Waals surface area contributed by atoms with Gasteiger partial charge in [-0.2, -0.15) is 0 Å². The number of hydrogen-bond acceptors (Lipinski definition) is 4. The van der Waals surface area contributed by atoms with Crippen LogP contribution in [0.5, 0.6) is 0 Å². The Morgan fingerprint density at radius 3 is 2.52 bits per heavy atom. The van der Waals surface area contributed by atoms with Crippen molar-refractivity contribution in [2.75, 3.05) is 13.1 Å². The van der Waals surface area contributed by atoms with E-state index in [0.717, 1.165) is 5.56 Å². The Morgan fingerprint density at radius 1 is 1.14 bits per heavy atom. The molecule has 0 radical (unpaired) electrons. The molecule has 1 heterocycles. The van der Waals surface area contributed by atoms with Crippen molar-refractivity contribution in [2.45, 2.75) is 52.3 Å². The first-order valence-electron chi connectivity index (χ1n) is 9.81. The maximum Gasteiger partial charge on any atom is 0.251 e. The molecule has 1 amide bonds. The van der Waals surface area contributed by atoms with Crippen molar-refractivity contribution < 1.29 is 14.3 Å². The minimum atomic E-state index is -1.16. The molecule has 0 spiro atoms. The molecule has 0 aliphatic carbocycles. The molecule has 2 aromatic rings. The summed E-state index contributed by atoms with van der Waals surface area (Å²) in [7, 11) is 0. The second-order valence-electron chi connectivity index (χ2n) is 8.20. The first kappa shape index (κ1) is 22.5. The first-order valence-corrected chi connectivity index (χ1v) is 9.81. The maximum absolute atomic E-state index is 12.4. The van der Waals surface area contributed by atoms with Crippen LogP contribution in [0.3, 0.4) is 0 Å². The van der Waals surface area contributed by atoms with Gasteiger partial charge in [0.1, 0.15) is 11.4 Å². The van der Waals surface area contributed by atoms with Crippen molar-refractivity contribution in [3.05, 3.63) is 59.5 Å². The molecule has 0 bridgehead atoms. The number of carbonyl (C=O) groups is 1. The molecule has 0 aliphatic rings. The van der Waals surface area contributed by atoms with E-state index in [1.807, 2.05) is 45.9 Å². The van der Waals surface area contributed by atoms with Gasteiger partial charge >= 0.3 is 0 Å². The van der Waals surface area contributed by atoms with Crippen molar-refractivity contribution >= 4 is 11.9 Å². The van der Waals surface area contributed by atoms with E-state index in [-0.39, 0.29) is 18.0 Å². The molecule has 7 nitrogen and oxygen atoms in total. The van der Waals surface area contributed by atoms with Crippen molar-refractivity contribution in [1.82, 2.24) is 16.0 Å². The fraction of sp³-hybridized carbons (Fsp3) is 0.455. The molecular weight excluding hydrogens is 368 g/mol. The van der Waals surface area contributed by atoms with Crippen LogP contribution in [0.15, 0.2) is 52.1 Å². The molecule has 0 aliphatic heterocycles. The Morgan fingerprint density at radius 2 is 1.90 bits per heavy atom. The molecule has 7 heteroatoms. The van der Waals surface area contributed by atoms with Crippen LogP contribution in [0.4, 0.5) is 0 Å². The van der Waals surface area contributed by atoms with Gasteiger partial charge in [-0.3, -0.25) is 4.79 Å². The quantitative estimate of drug-likeness (QED) is 0.423. The topological polar surface area (TPSA) is 98.9 Å². The number of benzene rings is 1. The third-order valence-corrected chi connectivity index (χ3v) is 4.09. The van der Waals surface area contributed by atoms with Gasteiger partial charge in [0.15, 0.2) is 5.96 Å². The van der Waals surface area contributed by atoms with E-state index in [1.165, 1.54) is 6.26 Å². The van der Waals surface area contributed by atoms with Gasteiger partial charge in [-0.15, -0.1) is 0 Å². The van der Waals surface area contributed by atoms with Gasteiger partial charge in [0.05, 0.1) is 19.4 Å². The lowest BCUT2D eigenvalue weighted by molar-refractivity contribution is 0.0386. The second kappa shape index (κ2) is 9.60. The van der Waals surface area contributed by atoms with E-state index in [1.54, 1.807) is 25.1 Å². The predicted molar refractivity (Wildman–Crippen MR) is 115 cm³/mol. The van der Waals surface area contributed by atoms with Crippen molar-refractivity contribution in [1.29, 1.82) is 0 Å². The van der Waals surface area contributed by atoms with Crippen LogP contribution in [-0.4, -0.2) is 35.6 Å². The van der Waals surface area contributed by atoms with Crippen molar-refractivity contribution in [2.24, 2.45) is 4.99 Å². The molecular formula is C22H32N4O3. The lowest BCUT2D eigenvalue weighted by Gasteiger charge is -2.22. The van der Waals surface area contributed by atoms with Crippen LogP contribution < -0.4 is 16.0 Å². The van der Waals surface area contributed by atoms with Gasteiger partial charge < -0.3 is 25.5 Å². The number of rotatable bonds is 7. The van der Waals surface area contributed by atoms with Gasteiger partial charge in [-0.1, -0.05) is 12.1 Å². The van der Waals surface area contributed by atoms with Crippen LogP contribution in [0.1, 0.15) is 56.3 Å². The summed E-state index contributed by atoms with van der Waals surface area (Å²) in [5, 5.41) is 19.8. The van der Waals surface area contributed by atoms with Crippen LogP contribution in [-0.2, 0) is 12.1 Å². The third-order valence-electron chi connectivity index (χ3n) is 4.09. The smallest absolute Gasteiger partial charge is 0.251 e. The highest BCUT2D eigenvalue weighted by Gasteiger charge is 2.26. The van der Waals surface area contributed by atoms with Gasteiger partial charge in [-0.25, -0.2) is 4.99 Å². The summed E-state index contributed by atoms with van der Waals surface area (Å²) >= 11 is 0. The number of nitrogens with zero attached hydrogens (tertiary/aromatic N) is 1. The lowest BCUT2D eigenvalue weighted by Crippen LogP contribution is -2.44. The molecule has 4 N–H and O–H groups in total. The zero-order chi connectivity index (χ0) is 21.5. The van der Waals surface area contributed by atoms with Crippen molar-refractivity contribution in [3.8, 4) is 0 Å². The number of nitrogens with one attached hydrogen (secondary N) is 3. The zero-order valence-corrected chi connectivity index (χ0v) is 17.9. The maximum atomic E-state index is 12.4. The average Bonchev–Trinajstić information content (AvgIpc) is 3.19. The van der Waals surface area contributed by atoms with Gasteiger partial charge in [0.2, 0.25) is 0 Å². The molecule has 0 saturated heterocycles. The predicted octanol–water partition coefficient (Wildman–Crippen LogP) is 2.77. The highest BCUT2D eigenvalue weighted by atomic mass is 16.4. The normalized spacial score (nSPS) is 14.2. The first-order chi connectivity index (χ1) is 13.6. The minimum absolute atomic E-state index is 0.108. The number of hydrogen-bond donors (Lipinski definition) is 4. The molecule has 1 aromatic carbocycles. The molecule has 1 aromatic heterocycles. The monoisotopic (exact) mass is 400 g/mol. The Labute approximate surface area is 172 Å². The summed E-state index contributed by atoms with van der Waals surface area (Å²) in [6.45, 7) is 10.8. The van der Waals surface area contributed by atoms with Crippen molar-refractivity contribution in [3.63, 3.8) is 0 Å². The summed E-state index contributed by atoms with van der Waals surface area (Å²) in [4.78, 5) is 16.9. The highest BCUT2D eigenvalue weighted by Crippen LogP contribution is 2.19. The zero-order valence-electron chi connectivity index (χ0n) is 17.9. The fourth-order valence-electron chi connectivity index (χ4n) is 2.66. The molecule has 1 atom stereocenters.